The first kappa shape index (κ1) is 33.4. The van der Waals surface area contributed by atoms with Crippen LogP contribution >= 0.6 is 0 Å². The third kappa shape index (κ3) is 7.80. The van der Waals surface area contributed by atoms with Gasteiger partial charge >= 0.3 is 0 Å². The highest BCUT2D eigenvalue weighted by Gasteiger charge is 2.33. The molecule has 0 bridgehead atoms. The highest BCUT2D eigenvalue weighted by molar-refractivity contribution is 6.76. The zero-order chi connectivity index (χ0) is 34.0. The number of ether oxygens (including phenoxy) is 4. The van der Waals surface area contributed by atoms with Crippen molar-refractivity contribution in [2.24, 2.45) is 16.8 Å². The van der Waals surface area contributed by atoms with E-state index in [0.717, 1.165) is 18.2 Å². The Morgan fingerprint density at radius 3 is 2.50 bits per heavy atom. The van der Waals surface area contributed by atoms with Gasteiger partial charge < -0.3 is 28.8 Å². The predicted molar refractivity (Wildman–Crippen MR) is 184 cm³/mol. The van der Waals surface area contributed by atoms with Crippen LogP contribution in [0.15, 0.2) is 53.8 Å². The van der Waals surface area contributed by atoms with Crippen LogP contribution in [-0.2, 0) is 16.2 Å². The molecule has 3 heterocycles. The van der Waals surface area contributed by atoms with Gasteiger partial charge in [-0.1, -0.05) is 25.7 Å². The summed E-state index contributed by atoms with van der Waals surface area (Å²) in [5.74, 6) is -0.633. The van der Waals surface area contributed by atoms with Crippen LogP contribution in [0.25, 0.3) is 22.2 Å². The Bertz CT molecular complexity index is 1850. The molecule has 0 spiro atoms. The largest absolute Gasteiger partial charge is 0.490 e. The van der Waals surface area contributed by atoms with Crippen LogP contribution in [0.1, 0.15) is 32.3 Å². The summed E-state index contributed by atoms with van der Waals surface area (Å²) in [6.45, 7) is 12.6. The van der Waals surface area contributed by atoms with Gasteiger partial charge in [0, 0.05) is 56.4 Å². The number of aliphatic imine (C=N–C) groups is 1. The van der Waals surface area contributed by atoms with Crippen LogP contribution in [0.3, 0.4) is 0 Å². The molecule has 1 aliphatic carbocycles. The van der Waals surface area contributed by atoms with E-state index < -0.39 is 25.5 Å². The van der Waals surface area contributed by atoms with E-state index in [1.54, 1.807) is 18.2 Å². The normalized spacial score (nSPS) is 16.4. The quantitative estimate of drug-likeness (QED) is 0.119. The van der Waals surface area contributed by atoms with Crippen molar-refractivity contribution in [3.63, 3.8) is 0 Å². The summed E-state index contributed by atoms with van der Waals surface area (Å²) < 4.78 is 56.5. The molecular formula is C36H41F2N5O4Si. The van der Waals surface area contributed by atoms with Crippen LogP contribution in [0.2, 0.25) is 25.7 Å². The van der Waals surface area contributed by atoms with Gasteiger partial charge in [-0.15, -0.1) is 0 Å². The number of fused-ring (bicyclic) bond motifs is 1. The fourth-order valence-electron chi connectivity index (χ4n) is 5.65. The Morgan fingerprint density at radius 1 is 1.08 bits per heavy atom. The molecule has 1 fully saturated rings. The predicted octanol–water partition coefficient (Wildman–Crippen LogP) is 8.57. The zero-order valence-electron chi connectivity index (χ0n) is 28.0. The molecule has 0 radical (unpaired) electrons. The Balaban J connectivity index is 1.32. The molecule has 1 unspecified atom stereocenters. The fourth-order valence-corrected chi connectivity index (χ4v) is 6.40. The van der Waals surface area contributed by atoms with E-state index in [0.29, 0.717) is 65.1 Å². The molecule has 4 aromatic rings. The van der Waals surface area contributed by atoms with Crippen LogP contribution in [-0.4, -0.2) is 49.5 Å². The number of rotatable bonds is 12. The minimum Gasteiger partial charge on any atom is -0.490 e. The van der Waals surface area contributed by atoms with Crippen molar-refractivity contribution in [2.75, 3.05) is 25.1 Å². The molecule has 0 amide bonds. The maximum absolute atomic E-state index is 15.5. The molecule has 48 heavy (non-hydrogen) atoms. The lowest BCUT2D eigenvalue weighted by atomic mass is 10.0. The number of nitrogens with one attached hydrogen (secondary N) is 1. The van der Waals surface area contributed by atoms with Crippen LogP contribution in [0.4, 0.5) is 14.5 Å². The number of benzene rings is 2. The first-order valence-electron chi connectivity index (χ1n) is 16.4. The van der Waals surface area contributed by atoms with E-state index in [9.17, 15) is 5.26 Å². The number of hydrogen-bond donors (Lipinski definition) is 1. The molecule has 252 valence electrons. The molecule has 12 heteroatoms. The lowest BCUT2D eigenvalue weighted by Gasteiger charge is -2.22. The van der Waals surface area contributed by atoms with Crippen LogP contribution < -0.4 is 14.8 Å². The maximum Gasteiger partial charge on any atom is 0.289 e. The Hall–Kier alpha value is -4.47. The van der Waals surface area contributed by atoms with E-state index in [1.165, 1.54) is 19.0 Å². The van der Waals surface area contributed by atoms with E-state index in [2.05, 4.69) is 41.0 Å². The average Bonchev–Trinajstić information content (AvgIpc) is 3.82. The second kappa shape index (κ2) is 13.9. The Morgan fingerprint density at radius 2 is 1.85 bits per heavy atom. The maximum atomic E-state index is 15.5. The standard InChI is InChI=1S/C36H41F2N5O4Si/c1-22(2)46-31-9-8-24(14-25(31)17-39)28-19-43(21-44-12-13-48(3,4)5)35-33(28)32(10-11-40-35)47-34-29(37)15-27(16-30(34)38)42-36-41-18-26(20-45-36)23-6-7-23/h8-11,14-16,19,22-23,26H,6-7,12-13,18,20-21H2,1-5H3,(H,41,42). The molecule has 0 saturated heterocycles. The summed E-state index contributed by atoms with van der Waals surface area (Å²) in [7, 11) is -1.31. The first-order chi connectivity index (χ1) is 23.0. The highest BCUT2D eigenvalue weighted by atomic mass is 28.3. The van der Waals surface area contributed by atoms with Gasteiger partial charge in [-0.25, -0.2) is 18.8 Å². The second-order valence-corrected chi connectivity index (χ2v) is 19.5. The highest BCUT2D eigenvalue weighted by Crippen LogP contribution is 2.41. The van der Waals surface area contributed by atoms with Gasteiger partial charge in [-0.05, 0) is 62.4 Å². The Kier molecular flexibility index (Phi) is 9.71. The fraction of sp³-hybridized carbons (Fsp3) is 0.417. The summed E-state index contributed by atoms with van der Waals surface area (Å²) in [5, 5.41) is 13.3. The van der Waals surface area contributed by atoms with E-state index in [1.807, 2.05) is 30.7 Å². The zero-order valence-corrected chi connectivity index (χ0v) is 29.0. The number of nitrogens with zero attached hydrogens (tertiary/aromatic N) is 4. The van der Waals surface area contributed by atoms with Gasteiger partial charge in [-0.3, -0.25) is 0 Å². The molecule has 9 nitrogen and oxygen atoms in total. The molecule has 1 N–H and O–H groups in total. The molecule has 2 aromatic heterocycles. The van der Waals surface area contributed by atoms with Crippen molar-refractivity contribution < 1.29 is 27.7 Å². The number of halogens is 2. The summed E-state index contributed by atoms with van der Waals surface area (Å²) in [6, 6.07) is 12.6. The molecule has 2 aromatic carbocycles. The van der Waals surface area contributed by atoms with Crippen molar-refractivity contribution in [3.05, 3.63) is 66.0 Å². The van der Waals surface area contributed by atoms with Gasteiger partial charge in [0.05, 0.1) is 30.2 Å². The van der Waals surface area contributed by atoms with Crippen molar-refractivity contribution in [1.29, 1.82) is 5.26 Å². The SMILES string of the molecule is CC(C)Oc1ccc(-c2cn(COCC[Si](C)(C)C)c3nccc(Oc4c(F)cc(NC5=NCC(C6CC6)CO5)cc4F)c23)cc1C#N. The van der Waals surface area contributed by atoms with E-state index in [-0.39, 0.29) is 30.3 Å². The van der Waals surface area contributed by atoms with Gasteiger partial charge in [0.1, 0.15) is 29.9 Å². The Labute approximate surface area is 280 Å². The number of amidine groups is 1. The lowest BCUT2D eigenvalue weighted by Crippen LogP contribution is -2.29. The second-order valence-electron chi connectivity index (χ2n) is 13.9. The van der Waals surface area contributed by atoms with Gasteiger partial charge in [0.15, 0.2) is 17.4 Å². The summed E-state index contributed by atoms with van der Waals surface area (Å²) in [5.41, 5.74) is 2.37. The van der Waals surface area contributed by atoms with Gasteiger partial charge in [-0.2, -0.15) is 5.26 Å². The lowest BCUT2D eigenvalue weighted by molar-refractivity contribution is 0.0899. The topological polar surface area (TPSA) is 103 Å². The van der Waals surface area contributed by atoms with Gasteiger partial charge in [0.25, 0.3) is 6.02 Å². The third-order valence-electron chi connectivity index (χ3n) is 8.37. The monoisotopic (exact) mass is 673 g/mol. The van der Waals surface area contributed by atoms with Crippen LogP contribution in [0, 0.1) is 34.8 Å². The van der Waals surface area contributed by atoms with Crippen molar-refractivity contribution in [2.45, 2.75) is 65.2 Å². The van der Waals surface area contributed by atoms with Gasteiger partial charge in [0.2, 0.25) is 0 Å². The smallest absolute Gasteiger partial charge is 0.289 e. The molecule has 6 rings (SSSR count). The number of aromatic nitrogens is 2. The molecule has 1 atom stereocenters. The number of hydrogen-bond acceptors (Lipinski definition) is 8. The average molecular weight is 674 g/mol. The van der Waals surface area contributed by atoms with Crippen LogP contribution in [0.5, 0.6) is 17.2 Å². The molecular weight excluding hydrogens is 633 g/mol. The van der Waals surface area contributed by atoms with Crippen molar-refractivity contribution in [3.8, 4) is 34.4 Å². The molecule has 1 aliphatic heterocycles. The first-order valence-corrected chi connectivity index (χ1v) is 20.1. The minimum atomic E-state index is -1.31. The van der Waals surface area contributed by atoms with Crippen molar-refractivity contribution in [1.82, 2.24) is 9.55 Å². The summed E-state index contributed by atoms with van der Waals surface area (Å²) in [4.78, 5) is 9.02. The molecule has 1 saturated carbocycles. The molecule has 2 aliphatic rings. The third-order valence-corrected chi connectivity index (χ3v) is 10.1. The van der Waals surface area contributed by atoms with E-state index >= 15 is 8.78 Å². The number of pyridine rings is 1. The van der Waals surface area contributed by atoms with E-state index in [4.69, 9.17) is 18.9 Å². The number of anilines is 1. The number of nitriles is 1. The summed E-state index contributed by atoms with van der Waals surface area (Å²) >= 11 is 0. The summed E-state index contributed by atoms with van der Waals surface area (Å²) in [6.07, 6.45) is 5.67. The minimum absolute atomic E-state index is 0.114. The van der Waals surface area contributed by atoms with Crippen molar-refractivity contribution >= 4 is 30.8 Å².